The van der Waals surface area contributed by atoms with Gasteiger partial charge in [-0.15, -0.1) is 0 Å². The lowest BCUT2D eigenvalue weighted by Gasteiger charge is -2.37. The van der Waals surface area contributed by atoms with Crippen molar-refractivity contribution in [1.29, 1.82) is 5.26 Å². The second-order valence-corrected chi connectivity index (χ2v) is 7.66. The van der Waals surface area contributed by atoms with E-state index in [2.05, 4.69) is 10.6 Å². The van der Waals surface area contributed by atoms with Gasteiger partial charge in [0.2, 0.25) is 5.91 Å². The number of hydrogen-bond donors (Lipinski definition) is 2. The quantitative estimate of drug-likeness (QED) is 0.821. The number of likely N-dealkylation sites (tertiary alicyclic amines) is 1. The van der Waals surface area contributed by atoms with Crippen molar-refractivity contribution in [2.45, 2.75) is 58.1 Å². The third kappa shape index (κ3) is 6.81. The van der Waals surface area contributed by atoms with Gasteiger partial charge < -0.3 is 20.3 Å². The number of anilines is 2. The number of amides is 2. The lowest BCUT2D eigenvalue weighted by molar-refractivity contribution is -0.115. The highest BCUT2D eigenvalue weighted by atomic mass is 16.6. The molecular weight excluding hydrogens is 344 g/mol. The Kier molecular flexibility index (Phi) is 7.05. The minimum Gasteiger partial charge on any atom is -0.444 e. The van der Waals surface area contributed by atoms with Crippen LogP contribution in [0.25, 0.3) is 0 Å². The summed E-state index contributed by atoms with van der Waals surface area (Å²) in [7, 11) is 0. The summed E-state index contributed by atoms with van der Waals surface area (Å²) < 4.78 is 5.53. The van der Waals surface area contributed by atoms with E-state index >= 15 is 0 Å². The van der Waals surface area contributed by atoms with Crippen LogP contribution in [0.15, 0.2) is 24.3 Å². The van der Waals surface area contributed by atoms with E-state index < -0.39 is 5.60 Å². The molecule has 1 fully saturated rings. The summed E-state index contributed by atoms with van der Waals surface area (Å²) in [5.74, 6) is -0.326. The number of nitrogens with zero attached hydrogens (tertiary/aromatic N) is 2. The second-order valence-electron chi connectivity index (χ2n) is 7.66. The number of nitrogens with one attached hydrogen (secondary N) is 2. The maximum Gasteiger partial charge on any atom is 0.410 e. The summed E-state index contributed by atoms with van der Waals surface area (Å²) in [5, 5.41) is 14.5. The van der Waals surface area contributed by atoms with Gasteiger partial charge in [0.15, 0.2) is 0 Å². The lowest BCUT2D eigenvalue weighted by atomic mass is 10.0. The highest BCUT2D eigenvalue weighted by Gasteiger charge is 2.30. The van der Waals surface area contributed by atoms with Crippen LogP contribution in [-0.4, -0.2) is 41.6 Å². The van der Waals surface area contributed by atoms with Crippen LogP contribution in [0.3, 0.4) is 0 Å². The van der Waals surface area contributed by atoms with Crippen molar-refractivity contribution in [3.05, 3.63) is 24.3 Å². The van der Waals surface area contributed by atoms with Crippen molar-refractivity contribution in [1.82, 2.24) is 4.90 Å². The van der Waals surface area contributed by atoms with Gasteiger partial charge >= 0.3 is 6.09 Å². The van der Waals surface area contributed by atoms with Gasteiger partial charge in [0.05, 0.1) is 12.1 Å². The van der Waals surface area contributed by atoms with Crippen LogP contribution in [0.1, 0.15) is 46.5 Å². The van der Waals surface area contributed by atoms with Crippen molar-refractivity contribution in [3.63, 3.8) is 0 Å². The molecule has 1 aromatic rings. The van der Waals surface area contributed by atoms with E-state index in [0.717, 1.165) is 24.9 Å². The number of carbonyl (C=O) groups is 2. The number of hydrogen-bond acceptors (Lipinski definition) is 5. The predicted molar refractivity (Wildman–Crippen MR) is 104 cm³/mol. The SMILES string of the molecule is CC(C)(C)OC(=O)N1CCCCC1CNc1ccc(NC(=O)CC#N)cc1. The van der Waals surface area contributed by atoms with Gasteiger partial charge in [-0.1, -0.05) is 0 Å². The third-order valence-electron chi connectivity index (χ3n) is 4.21. The van der Waals surface area contributed by atoms with Crippen LogP contribution in [0.5, 0.6) is 0 Å². The van der Waals surface area contributed by atoms with Gasteiger partial charge in [0.25, 0.3) is 0 Å². The Labute approximate surface area is 160 Å². The second kappa shape index (κ2) is 9.26. The predicted octanol–water partition coefficient (Wildman–Crippen LogP) is 3.74. The Morgan fingerprint density at radius 1 is 1.22 bits per heavy atom. The molecule has 1 aromatic carbocycles. The molecule has 0 spiro atoms. The molecule has 2 rings (SSSR count). The lowest BCUT2D eigenvalue weighted by Crippen LogP contribution is -2.48. The molecule has 0 bridgehead atoms. The van der Waals surface area contributed by atoms with Crippen LogP contribution in [0.2, 0.25) is 0 Å². The number of nitriles is 1. The first-order valence-corrected chi connectivity index (χ1v) is 9.29. The Morgan fingerprint density at radius 2 is 1.89 bits per heavy atom. The topological polar surface area (TPSA) is 94.5 Å². The van der Waals surface area contributed by atoms with Crippen molar-refractivity contribution in [2.24, 2.45) is 0 Å². The summed E-state index contributed by atoms with van der Waals surface area (Å²) in [6.45, 7) is 6.97. The van der Waals surface area contributed by atoms with E-state index in [1.54, 1.807) is 12.1 Å². The van der Waals surface area contributed by atoms with Gasteiger partial charge in [-0.2, -0.15) is 5.26 Å². The van der Waals surface area contributed by atoms with Crippen LogP contribution in [-0.2, 0) is 9.53 Å². The van der Waals surface area contributed by atoms with Gasteiger partial charge in [-0.05, 0) is 64.3 Å². The molecule has 0 radical (unpaired) electrons. The average Bonchev–Trinajstić information content (AvgIpc) is 2.60. The van der Waals surface area contributed by atoms with Crippen molar-refractivity contribution in [3.8, 4) is 6.07 Å². The summed E-state index contributed by atoms with van der Waals surface area (Å²) in [4.78, 5) is 25.7. The molecule has 0 aromatic heterocycles. The molecule has 1 aliphatic heterocycles. The van der Waals surface area contributed by atoms with Crippen molar-refractivity contribution < 1.29 is 14.3 Å². The van der Waals surface area contributed by atoms with E-state index in [0.29, 0.717) is 18.8 Å². The standard InChI is InChI=1S/C20H28N4O3/c1-20(2,3)27-19(26)24-13-5-4-6-17(24)14-22-15-7-9-16(10-8-15)23-18(25)11-12-21/h7-10,17,22H,4-6,11,13-14H2,1-3H3,(H,23,25). The Balaban J connectivity index is 1.90. The molecule has 0 aliphatic carbocycles. The maximum absolute atomic E-state index is 12.4. The average molecular weight is 372 g/mol. The van der Waals surface area contributed by atoms with E-state index in [-0.39, 0.29) is 24.5 Å². The van der Waals surface area contributed by atoms with Crippen molar-refractivity contribution in [2.75, 3.05) is 23.7 Å². The molecule has 1 heterocycles. The number of piperidine rings is 1. The minimum absolute atomic E-state index is 0.0867. The Bertz CT molecular complexity index is 689. The molecule has 146 valence electrons. The highest BCUT2D eigenvalue weighted by Crippen LogP contribution is 2.21. The van der Waals surface area contributed by atoms with Crippen molar-refractivity contribution >= 4 is 23.4 Å². The van der Waals surface area contributed by atoms with Crippen LogP contribution in [0, 0.1) is 11.3 Å². The molecule has 1 aliphatic rings. The van der Waals surface area contributed by atoms with Crippen LogP contribution >= 0.6 is 0 Å². The zero-order chi connectivity index (χ0) is 19.9. The molecule has 1 atom stereocenters. The number of rotatable bonds is 5. The first kappa shape index (κ1) is 20.6. The molecule has 7 heteroatoms. The van der Waals surface area contributed by atoms with Crippen LogP contribution in [0.4, 0.5) is 16.2 Å². The summed E-state index contributed by atoms with van der Waals surface area (Å²) in [6.07, 6.45) is 2.60. The fourth-order valence-electron chi connectivity index (χ4n) is 2.96. The fraction of sp³-hybridized carbons (Fsp3) is 0.550. The third-order valence-corrected chi connectivity index (χ3v) is 4.21. The van der Waals surface area contributed by atoms with Crippen LogP contribution < -0.4 is 10.6 Å². The summed E-state index contributed by atoms with van der Waals surface area (Å²) in [5.41, 5.74) is 1.05. The van der Waals surface area contributed by atoms with Gasteiger partial charge in [0, 0.05) is 24.5 Å². The monoisotopic (exact) mass is 372 g/mol. The molecule has 1 unspecified atom stereocenters. The van der Waals surface area contributed by atoms with E-state index in [1.165, 1.54) is 0 Å². The number of carbonyl (C=O) groups excluding carboxylic acids is 2. The summed E-state index contributed by atoms with van der Waals surface area (Å²) in [6, 6.07) is 9.19. The first-order valence-electron chi connectivity index (χ1n) is 9.29. The molecule has 1 saturated heterocycles. The van der Waals surface area contributed by atoms with E-state index in [4.69, 9.17) is 10.00 Å². The first-order chi connectivity index (χ1) is 12.8. The molecule has 2 amide bonds. The Hall–Kier alpha value is -2.75. The number of benzene rings is 1. The smallest absolute Gasteiger partial charge is 0.410 e. The van der Waals surface area contributed by atoms with E-state index in [1.807, 2.05) is 43.9 Å². The molecule has 7 nitrogen and oxygen atoms in total. The molecule has 27 heavy (non-hydrogen) atoms. The fourth-order valence-corrected chi connectivity index (χ4v) is 2.96. The normalized spacial score (nSPS) is 17.0. The summed E-state index contributed by atoms with van der Waals surface area (Å²) >= 11 is 0. The maximum atomic E-state index is 12.4. The zero-order valence-corrected chi connectivity index (χ0v) is 16.2. The largest absolute Gasteiger partial charge is 0.444 e. The highest BCUT2D eigenvalue weighted by molar-refractivity contribution is 5.92. The number of ether oxygens (including phenoxy) is 1. The zero-order valence-electron chi connectivity index (χ0n) is 16.2. The minimum atomic E-state index is -0.502. The molecular formula is C20H28N4O3. The van der Waals surface area contributed by atoms with Gasteiger partial charge in [0.1, 0.15) is 12.0 Å². The van der Waals surface area contributed by atoms with Gasteiger partial charge in [-0.25, -0.2) is 4.79 Å². The molecule has 0 saturated carbocycles. The molecule has 2 N–H and O–H groups in total. The van der Waals surface area contributed by atoms with E-state index in [9.17, 15) is 9.59 Å². The Morgan fingerprint density at radius 3 is 2.52 bits per heavy atom. The van der Waals surface area contributed by atoms with Gasteiger partial charge in [-0.3, -0.25) is 4.79 Å².